The molecular formula is C18H23ClN4O4. The minimum absolute atomic E-state index is 0.0414. The standard InChI is InChI=1S/C18H23ClN4O4/c1-17(2,3)26-15(24)22(16(25)27-18(4,5)6)13-11-21-23(14(13)19)12-8-7-9-20-10-12/h7-11H,1-6H3. The van der Waals surface area contributed by atoms with Crippen molar-refractivity contribution in [3.63, 3.8) is 0 Å². The van der Waals surface area contributed by atoms with Crippen LogP contribution in [-0.2, 0) is 9.47 Å². The van der Waals surface area contributed by atoms with Gasteiger partial charge >= 0.3 is 12.2 Å². The van der Waals surface area contributed by atoms with Crippen molar-refractivity contribution >= 4 is 29.5 Å². The molecule has 9 heteroatoms. The lowest BCUT2D eigenvalue weighted by Crippen LogP contribution is -2.43. The SMILES string of the molecule is CC(C)(C)OC(=O)N(C(=O)OC(C)(C)C)c1cnn(-c2cccnc2)c1Cl. The van der Waals surface area contributed by atoms with Crippen LogP contribution in [0.25, 0.3) is 5.69 Å². The van der Waals surface area contributed by atoms with E-state index in [-0.39, 0.29) is 10.8 Å². The number of carbonyl (C=O) groups excluding carboxylic acids is 2. The molecule has 0 saturated heterocycles. The molecule has 0 aliphatic rings. The minimum atomic E-state index is -0.913. The molecule has 2 aromatic rings. The summed E-state index contributed by atoms with van der Waals surface area (Å²) in [5, 5.41) is 4.19. The van der Waals surface area contributed by atoms with Gasteiger partial charge in [-0.3, -0.25) is 4.98 Å². The molecule has 0 spiro atoms. The average molecular weight is 395 g/mol. The molecule has 0 saturated carbocycles. The van der Waals surface area contributed by atoms with Gasteiger partial charge in [-0.15, -0.1) is 0 Å². The third-order valence-electron chi connectivity index (χ3n) is 2.98. The quantitative estimate of drug-likeness (QED) is 0.739. The van der Waals surface area contributed by atoms with Gasteiger partial charge in [-0.1, -0.05) is 11.6 Å². The van der Waals surface area contributed by atoms with E-state index in [1.165, 1.54) is 10.9 Å². The van der Waals surface area contributed by atoms with Gasteiger partial charge in [-0.2, -0.15) is 10.00 Å². The Labute approximate surface area is 163 Å². The van der Waals surface area contributed by atoms with Gasteiger partial charge in [0, 0.05) is 6.20 Å². The fourth-order valence-electron chi connectivity index (χ4n) is 2.02. The zero-order valence-electron chi connectivity index (χ0n) is 16.2. The molecule has 0 aliphatic carbocycles. The van der Waals surface area contributed by atoms with Crippen LogP contribution in [0.1, 0.15) is 41.5 Å². The molecule has 27 heavy (non-hydrogen) atoms. The smallest absolute Gasteiger partial charge is 0.424 e. The summed E-state index contributed by atoms with van der Waals surface area (Å²) in [5.74, 6) is 0. The largest absolute Gasteiger partial charge is 0.443 e. The second-order valence-corrected chi connectivity index (χ2v) is 8.10. The van der Waals surface area contributed by atoms with Crippen LogP contribution < -0.4 is 4.90 Å². The molecule has 0 fully saturated rings. The number of anilines is 1. The number of pyridine rings is 1. The highest BCUT2D eigenvalue weighted by atomic mass is 35.5. The van der Waals surface area contributed by atoms with Crippen LogP contribution in [0.15, 0.2) is 30.7 Å². The van der Waals surface area contributed by atoms with E-state index in [0.29, 0.717) is 5.69 Å². The molecule has 2 rings (SSSR count). The van der Waals surface area contributed by atoms with Crippen molar-refractivity contribution in [3.05, 3.63) is 35.9 Å². The molecule has 8 nitrogen and oxygen atoms in total. The Morgan fingerprint density at radius 2 is 1.59 bits per heavy atom. The van der Waals surface area contributed by atoms with Crippen LogP contribution in [0.4, 0.5) is 15.3 Å². The summed E-state index contributed by atoms with van der Waals surface area (Å²) < 4.78 is 12.0. The maximum absolute atomic E-state index is 12.7. The highest BCUT2D eigenvalue weighted by Crippen LogP contribution is 2.30. The first-order valence-electron chi connectivity index (χ1n) is 8.29. The molecule has 0 aliphatic heterocycles. The fraction of sp³-hybridized carbons (Fsp3) is 0.444. The Kier molecular flexibility index (Phi) is 5.79. The topological polar surface area (TPSA) is 86.5 Å². The lowest BCUT2D eigenvalue weighted by molar-refractivity contribution is 0.0430. The third kappa shape index (κ3) is 5.43. The number of ether oxygens (including phenoxy) is 2. The number of nitrogens with zero attached hydrogens (tertiary/aromatic N) is 4. The number of hydrogen-bond acceptors (Lipinski definition) is 6. The summed E-state index contributed by atoms with van der Waals surface area (Å²) in [5.41, 5.74) is -1.02. The predicted octanol–water partition coefficient (Wildman–Crippen LogP) is 4.60. The first kappa shape index (κ1) is 20.7. The summed E-state index contributed by atoms with van der Waals surface area (Å²) in [4.78, 5) is 30.1. The van der Waals surface area contributed by atoms with E-state index in [1.54, 1.807) is 66.1 Å². The second kappa shape index (κ2) is 7.56. The van der Waals surface area contributed by atoms with E-state index < -0.39 is 23.4 Å². The Hall–Kier alpha value is -2.61. The number of carbonyl (C=O) groups is 2. The van der Waals surface area contributed by atoms with Gasteiger partial charge in [0.25, 0.3) is 0 Å². The van der Waals surface area contributed by atoms with Crippen LogP contribution >= 0.6 is 11.6 Å². The maximum Gasteiger partial charge on any atom is 0.424 e. The number of rotatable bonds is 2. The van der Waals surface area contributed by atoms with Crippen molar-refractivity contribution < 1.29 is 19.1 Å². The van der Waals surface area contributed by atoms with Crippen LogP contribution in [0.5, 0.6) is 0 Å². The Balaban J connectivity index is 2.46. The first-order chi connectivity index (χ1) is 12.4. The zero-order valence-corrected chi connectivity index (χ0v) is 16.9. The first-order valence-corrected chi connectivity index (χ1v) is 8.67. The lowest BCUT2D eigenvalue weighted by atomic mass is 10.2. The van der Waals surface area contributed by atoms with E-state index in [4.69, 9.17) is 21.1 Å². The van der Waals surface area contributed by atoms with Crippen LogP contribution in [0.3, 0.4) is 0 Å². The molecule has 0 aromatic carbocycles. The normalized spacial score (nSPS) is 11.8. The van der Waals surface area contributed by atoms with Crippen LogP contribution in [0, 0.1) is 0 Å². The van der Waals surface area contributed by atoms with Gasteiger partial charge in [0.2, 0.25) is 0 Å². The van der Waals surface area contributed by atoms with Crippen molar-refractivity contribution in [2.75, 3.05) is 4.90 Å². The van der Waals surface area contributed by atoms with Crippen molar-refractivity contribution in [1.82, 2.24) is 14.8 Å². The summed E-state index contributed by atoms with van der Waals surface area (Å²) in [7, 11) is 0. The molecule has 0 N–H and O–H groups in total. The van der Waals surface area contributed by atoms with E-state index in [0.717, 1.165) is 4.90 Å². The van der Waals surface area contributed by atoms with E-state index in [2.05, 4.69) is 10.1 Å². The molecule has 0 unspecified atom stereocenters. The number of amides is 2. The summed E-state index contributed by atoms with van der Waals surface area (Å²) in [6, 6.07) is 3.45. The molecule has 146 valence electrons. The fourth-order valence-corrected chi connectivity index (χ4v) is 2.29. The van der Waals surface area contributed by atoms with Gasteiger partial charge in [-0.25, -0.2) is 14.3 Å². The summed E-state index contributed by atoms with van der Waals surface area (Å²) in [6.07, 6.45) is 2.63. The third-order valence-corrected chi connectivity index (χ3v) is 3.33. The van der Waals surface area contributed by atoms with Gasteiger partial charge < -0.3 is 9.47 Å². The summed E-state index contributed by atoms with van der Waals surface area (Å²) in [6.45, 7) is 10.2. The Morgan fingerprint density at radius 1 is 1.04 bits per heavy atom. The number of aromatic nitrogens is 3. The molecular weight excluding hydrogens is 372 g/mol. The molecule has 0 bridgehead atoms. The lowest BCUT2D eigenvalue weighted by Gasteiger charge is -2.28. The molecule has 2 amide bonds. The maximum atomic E-state index is 12.7. The average Bonchev–Trinajstić information content (AvgIpc) is 2.86. The van der Waals surface area contributed by atoms with Crippen molar-refractivity contribution in [2.24, 2.45) is 0 Å². The van der Waals surface area contributed by atoms with E-state index in [1.807, 2.05) is 0 Å². The van der Waals surface area contributed by atoms with Crippen LogP contribution in [-0.4, -0.2) is 38.2 Å². The number of hydrogen-bond donors (Lipinski definition) is 0. The van der Waals surface area contributed by atoms with Gasteiger partial charge in [0.05, 0.1) is 18.1 Å². The van der Waals surface area contributed by atoms with Crippen LogP contribution in [0.2, 0.25) is 5.15 Å². The zero-order chi connectivity index (χ0) is 20.4. The van der Waals surface area contributed by atoms with Crippen molar-refractivity contribution in [2.45, 2.75) is 52.7 Å². The highest BCUT2D eigenvalue weighted by molar-refractivity contribution is 6.34. The molecule has 0 atom stereocenters. The number of imide groups is 1. The Morgan fingerprint density at radius 3 is 2.04 bits per heavy atom. The molecule has 2 heterocycles. The van der Waals surface area contributed by atoms with Crippen molar-refractivity contribution in [1.29, 1.82) is 0 Å². The number of halogens is 1. The van der Waals surface area contributed by atoms with Gasteiger partial charge in [0.15, 0.2) is 5.15 Å². The van der Waals surface area contributed by atoms with E-state index >= 15 is 0 Å². The second-order valence-electron chi connectivity index (χ2n) is 7.74. The van der Waals surface area contributed by atoms with Crippen molar-refractivity contribution in [3.8, 4) is 5.69 Å². The van der Waals surface area contributed by atoms with Gasteiger partial charge in [-0.05, 0) is 53.7 Å². The predicted molar refractivity (Wildman–Crippen MR) is 101 cm³/mol. The molecule has 0 radical (unpaired) electrons. The Bertz CT molecular complexity index is 794. The summed E-state index contributed by atoms with van der Waals surface area (Å²) >= 11 is 6.40. The highest BCUT2D eigenvalue weighted by Gasteiger charge is 2.35. The molecule has 2 aromatic heterocycles. The monoisotopic (exact) mass is 394 g/mol. The van der Waals surface area contributed by atoms with Gasteiger partial charge in [0.1, 0.15) is 16.9 Å². The minimum Gasteiger partial charge on any atom is -0.443 e. The van der Waals surface area contributed by atoms with E-state index in [9.17, 15) is 9.59 Å².